The molecule has 2 N–H and O–H groups in total. The zero-order valence-electron chi connectivity index (χ0n) is 16.9. The Labute approximate surface area is 176 Å². The predicted octanol–water partition coefficient (Wildman–Crippen LogP) is 1.78. The van der Waals surface area contributed by atoms with Crippen LogP contribution in [0.5, 0.6) is 0 Å². The molecule has 1 atom stereocenters. The third-order valence-electron chi connectivity index (χ3n) is 5.10. The molecule has 1 saturated carbocycles. The molecule has 1 saturated heterocycles. The highest BCUT2D eigenvalue weighted by atomic mass is 32.2. The van der Waals surface area contributed by atoms with Crippen LogP contribution in [0.3, 0.4) is 0 Å². The molecule has 10 heteroatoms. The first-order valence-corrected chi connectivity index (χ1v) is 11.6. The lowest BCUT2D eigenvalue weighted by Crippen LogP contribution is -2.45. The summed E-state index contributed by atoms with van der Waals surface area (Å²) in [6.45, 7) is 2.34. The van der Waals surface area contributed by atoms with E-state index in [0.717, 1.165) is 38.5 Å². The van der Waals surface area contributed by atoms with Gasteiger partial charge in [-0.25, -0.2) is 18.0 Å². The van der Waals surface area contributed by atoms with Gasteiger partial charge in [0, 0.05) is 19.1 Å². The fourth-order valence-electron chi connectivity index (χ4n) is 3.14. The molecule has 3 rings (SSSR count). The summed E-state index contributed by atoms with van der Waals surface area (Å²) in [5, 5.41) is 4.73. The van der Waals surface area contributed by atoms with Crippen molar-refractivity contribution in [2.75, 3.05) is 13.1 Å². The van der Waals surface area contributed by atoms with Crippen molar-refractivity contribution in [3.63, 3.8) is 0 Å². The number of amides is 3. The second-order valence-electron chi connectivity index (χ2n) is 7.63. The van der Waals surface area contributed by atoms with Crippen molar-refractivity contribution in [3.05, 3.63) is 29.8 Å². The smallest absolute Gasteiger partial charge is 0.338 e. The molecule has 1 aromatic rings. The van der Waals surface area contributed by atoms with Gasteiger partial charge >= 0.3 is 12.0 Å². The quantitative estimate of drug-likeness (QED) is 0.654. The Bertz CT molecular complexity index is 888. The predicted molar refractivity (Wildman–Crippen MR) is 108 cm³/mol. The molecule has 1 aromatic carbocycles. The van der Waals surface area contributed by atoms with Gasteiger partial charge in [-0.2, -0.15) is 4.31 Å². The van der Waals surface area contributed by atoms with E-state index < -0.39 is 34.0 Å². The lowest BCUT2D eigenvalue weighted by molar-refractivity contribution is -0.127. The summed E-state index contributed by atoms with van der Waals surface area (Å²) in [5.74, 6) is -1.51. The number of carbonyl (C=O) groups excluding carboxylic acids is 3. The Hall–Kier alpha value is -2.46. The number of rotatable bonds is 6. The molecule has 0 radical (unpaired) electrons. The third-order valence-corrected chi connectivity index (χ3v) is 7.01. The van der Waals surface area contributed by atoms with E-state index in [1.807, 2.05) is 0 Å². The molecule has 30 heavy (non-hydrogen) atoms. The van der Waals surface area contributed by atoms with Crippen LogP contribution in [0.4, 0.5) is 4.79 Å². The van der Waals surface area contributed by atoms with Crippen LogP contribution in [0.25, 0.3) is 0 Å². The SMILES string of the molecule is CC(OC(=O)c1ccc(S(=O)(=O)N2CCCCCC2)cc1)C(=O)NC(=O)NC1CC1. The molecule has 1 aliphatic carbocycles. The van der Waals surface area contributed by atoms with Gasteiger partial charge in [-0.3, -0.25) is 10.1 Å². The van der Waals surface area contributed by atoms with E-state index in [9.17, 15) is 22.8 Å². The molecule has 3 amide bonds. The fraction of sp³-hybridized carbons (Fsp3) is 0.550. The lowest BCUT2D eigenvalue weighted by Gasteiger charge is -2.20. The number of esters is 1. The minimum atomic E-state index is -3.61. The number of carbonyl (C=O) groups is 3. The summed E-state index contributed by atoms with van der Waals surface area (Å²) in [7, 11) is -3.61. The standard InChI is InChI=1S/C20H27N3O6S/c1-14(18(24)22-20(26)21-16-8-9-16)29-19(25)15-6-10-17(11-7-15)30(27,28)23-12-4-2-3-5-13-23/h6-7,10-11,14,16H,2-5,8-9,12-13H2,1H3,(H2,21,22,24,26). The maximum atomic E-state index is 12.8. The van der Waals surface area contributed by atoms with Gasteiger partial charge in [-0.05, 0) is 56.9 Å². The van der Waals surface area contributed by atoms with Gasteiger partial charge in [0.1, 0.15) is 0 Å². The van der Waals surface area contributed by atoms with Crippen molar-refractivity contribution in [2.45, 2.75) is 62.5 Å². The van der Waals surface area contributed by atoms with Crippen molar-refractivity contribution in [1.29, 1.82) is 0 Å². The molecule has 1 aliphatic heterocycles. The molecule has 1 heterocycles. The first-order chi connectivity index (χ1) is 14.3. The monoisotopic (exact) mass is 437 g/mol. The summed E-state index contributed by atoms with van der Waals surface area (Å²) >= 11 is 0. The van der Waals surface area contributed by atoms with E-state index in [0.29, 0.717) is 13.1 Å². The van der Waals surface area contributed by atoms with Crippen molar-refractivity contribution in [1.82, 2.24) is 14.9 Å². The molecule has 9 nitrogen and oxygen atoms in total. The summed E-state index contributed by atoms with van der Waals surface area (Å²) < 4.78 is 32.1. The number of imide groups is 1. The van der Waals surface area contributed by atoms with Crippen LogP contribution in [0, 0.1) is 0 Å². The Kier molecular flexibility index (Phi) is 7.09. The van der Waals surface area contributed by atoms with Gasteiger partial charge in [-0.1, -0.05) is 12.8 Å². The molecule has 2 fully saturated rings. The zero-order chi connectivity index (χ0) is 21.7. The van der Waals surface area contributed by atoms with Crippen LogP contribution in [-0.4, -0.2) is 55.9 Å². The van der Waals surface area contributed by atoms with Crippen LogP contribution < -0.4 is 10.6 Å². The number of nitrogens with one attached hydrogen (secondary N) is 2. The highest BCUT2D eigenvalue weighted by Crippen LogP contribution is 2.21. The van der Waals surface area contributed by atoms with Gasteiger partial charge in [0.05, 0.1) is 10.5 Å². The number of sulfonamides is 1. The lowest BCUT2D eigenvalue weighted by atomic mass is 10.2. The summed E-state index contributed by atoms with van der Waals surface area (Å²) in [6, 6.07) is 4.93. The molecule has 0 aromatic heterocycles. The Morgan fingerprint density at radius 1 is 1.03 bits per heavy atom. The first kappa shape index (κ1) is 22.2. The average molecular weight is 438 g/mol. The Morgan fingerprint density at radius 3 is 2.20 bits per heavy atom. The van der Waals surface area contributed by atoms with E-state index >= 15 is 0 Å². The molecule has 0 spiro atoms. The maximum Gasteiger partial charge on any atom is 0.338 e. The highest BCUT2D eigenvalue weighted by Gasteiger charge is 2.27. The van der Waals surface area contributed by atoms with Gasteiger partial charge in [0.25, 0.3) is 5.91 Å². The van der Waals surface area contributed by atoms with E-state index in [2.05, 4.69) is 10.6 Å². The third kappa shape index (κ3) is 5.79. The van der Waals surface area contributed by atoms with Crippen LogP contribution >= 0.6 is 0 Å². The number of hydrogen-bond acceptors (Lipinski definition) is 6. The number of ether oxygens (including phenoxy) is 1. The van der Waals surface area contributed by atoms with Crippen LogP contribution in [0.15, 0.2) is 29.2 Å². The molecule has 2 aliphatic rings. The van der Waals surface area contributed by atoms with E-state index in [4.69, 9.17) is 4.74 Å². The Balaban J connectivity index is 1.57. The van der Waals surface area contributed by atoms with E-state index in [-0.39, 0.29) is 16.5 Å². The molecule has 1 unspecified atom stereocenters. The number of benzene rings is 1. The molecular formula is C20H27N3O6S. The normalized spacial score (nSPS) is 18.7. The van der Waals surface area contributed by atoms with Crippen molar-refractivity contribution in [2.24, 2.45) is 0 Å². The van der Waals surface area contributed by atoms with Crippen LogP contribution in [-0.2, 0) is 19.6 Å². The maximum absolute atomic E-state index is 12.8. The second-order valence-corrected chi connectivity index (χ2v) is 9.57. The minimum Gasteiger partial charge on any atom is -0.449 e. The van der Waals surface area contributed by atoms with E-state index in [1.165, 1.54) is 35.5 Å². The topological polar surface area (TPSA) is 122 Å². The number of urea groups is 1. The highest BCUT2D eigenvalue weighted by molar-refractivity contribution is 7.89. The van der Waals surface area contributed by atoms with Crippen LogP contribution in [0.1, 0.15) is 55.8 Å². The van der Waals surface area contributed by atoms with Gasteiger partial charge < -0.3 is 10.1 Å². The van der Waals surface area contributed by atoms with Crippen molar-refractivity contribution in [3.8, 4) is 0 Å². The van der Waals surface area contributed by atoms with Crippen LogP contribution in [0.2, 0.25) is 0 Å². The summed E-state index contributed by atoms with van der Waals surface area (Å²) in [4.78, 5) is 36.0. The zero-order valence-corrected chi connectivity index (χ0v) is 17.7. The molecular weight excluding hydrogens is 410 g/mol. The van der Waals surface area contributed by atoms with Gasteiger partial charge in [0.2, 0.25) is 10.0 Å². The summed E-state index contributed by atoms with van der Waals surface area (Å²) in [5.41, 5.74) is 0.117. The molecule has 0 bridgehead atoms. The van der Waals surface area contributed by atoms with Gasteiger partial charge in [0.15, 0.2) is 6.10 Å². The molecule has 164 valence electrons. The first-order valence-electron chi connectivity index (χ1n) is 10.2. The summed E-state index contributed by atoms with van der Waals surface area (Å²) in [6.07, 6.45) is 4.30. The fourth-order valence-corrected chi connectivity index (χ4v) is 4.66. The van der Waals surface area contributed by atoms with Gasteiger partial charge in [-0.15, -0.1) is 0 Å². The average Bonchev–Trinajstić information content (AvgIpc) is 3.54. The second kappa shape index (κ2) is 9.57. The minimum absolute atomic E-state index is 0.0970. The van der Waals surface area contributed by atoms with Crippen molar-refractivity contribution >= 4 is 27.9 Å². The van der Waals surface area contributed by atoms with E-state index in [1.54, 1.807) is 0 Å². The Morgan fingerprint density at radius 2 is 1.63 bits per heavy atom. The largest absolute Gasteiger partial charge is 0.449 e. The number of hydrogen-bond donors (Lipinski definition) is 2. The number of nitrogens with zero attached hydrogens (tertiary/aromatic N) is 1. The van der Waals surface area contributed by atoms with Crippen molar-refractivity contribution < 1.29 is 27.5 Å².